The van der Waals surface area contributed by atoms with Gasteiger partial charge >= 0.3 is 5.97 Å². The molecular formula is C12H17N3O3. The molecule has 1 N–H and O–H groups in total. The number of carbonyl (C=O) groups is 1. The summed E-state index contributed by atoms with van der Waals surface area (Å²) in [5.74, 6) is -0.467. The lowest BCUT2D eigenvalue weighted by Gasteiger charge is -2.35. The second-order valence-corrected chi connectivity index (χ2v) is 4.61. The van der Waals surface area contributed by atoms with Crippen molar-refractivity contribution in [1.82, 2.24) is 9.55 Å². The molecule has 1 atom stereocenters. The van der Waals surface area contributed by atoms with E-state index in [4.69, 9.17) is 5.11 Å². The monoisotopic (exact) mass is 251 g/mol. The molecule has 0 bridgehead atoms. The van der Waals surface area contributed by atoms with Crippen molar-refractivity contribution in [1.29, 1.82) is 0 Å². The van der Waals surface area contributed by atoms with Gasteiger partial charge in [0.1, 0.15) is 0 Å². The summed E-state index contributed by atoms with van der Waals surface area (Å²) < 4.78 is 1.47. The number of carboxylic acids is 1. The number of hydrogen-bond donors (Lipinski definition) is 1. The van der Waals surface area contributed by atoms with Crippen molar-refractivity contribution in [2.75, 3.05) is 11.4 Å². The molecule has 1 aliphatic rings. The van der Waals surface area contributed by atoms with Gasteiger partial charge in [-0.25, -0.2) is 4.98 Å². The van der Waals surface area contributed by atoms with E-state index in [2.05, 4.69) is 4.98 Å². The molecule has 18 heavy (non-hydrogen) atoms. The van der Waals surface area contributed by atoms with Crippen LogP contribution >= 0.6 is 0 Å². The van der Waals surface area contributed by atoms with Crippen LogP contribution in [0, 0.1) is 0 Å². The molecule has 6 nitrogen and oxygen atoms in total. The molecule has 1 saturated heterocycles. The number of aryl methyl sites for hydroxylation is 1. The third-order valence-electron chi connectivity index (χ3n) is 3.31. The molecule has 0 aliphatic carbocycles. The van der Waals surface area contributed by atoms with E-state index in [1.165, 1.54) is 4.57 Å². The van der Waals surface area contributed by atoms with E-state index in [0.717, 1.165) is 19.3 Å². The molecular weight excluding hydrogens is 234 g/mol. The number of aliphatic carboxylic acids is 1. The largest absolute Gasteiger partial charge is 0.481 e. The van der Waals surface area contributed by atoms with Crippen LogP contribution in [0.5, 0.6) is 0 Å². The van der Waals surface area contributed by atoms with E-state index in [1.807, 2.05) is 4.90 Å². The van der Waals surface area contributed by atoms with E-state index in [-0.39, 0.29) is 18.0 Å². The number of nitrogens with zero attached hydrogens (tertiary/aromatic N) is 3. The lowest BCUT2D eigenvalue weighted by molar-refractivity contribution is -0.137. The first-order valence-electron chi connectivity index (χ1n) is 6.09. The van der Waals surface area contributed by atoms with Crippen molar-refractivity contribution in [3.63, 3.8) is 0 Å². The molecule has 0 saturated carbocycles. The van der Waals surface area contributed by atoms with E-state index in [9.17, 15) is 9.59 Å². The highest BCUT2D eigenvalue weighted by molar-refractivity contribution is 5.68. The molecule has 1 aromatic rings. The molecule has 1 aromatic heterocycles. The topological polar surface area (TPSA) is 75.4 Å². The van der Waals surface area contributed by atoms with Crippen molar-refractivity contribution in [2.24, 2.45) is 7.05 Å². The number of piperidine rings is 1. The van der Waals surface area contributed by atoms with E-state index in [0.29, 0.717) is 12.4 Å². The quantitative estimate of drug-likeness (QED) is 0.852. The summed E-state index contributed by atoms with van der Waals surface area (Å²) in [4.78, 5) is 28.8. The SMILES string of the molecule is Cn1ccnc(N2CCCCC2CC(=O)O)c1=O. The van der Waals surface area contributed by atoms with Crippen LogP contribution in [0.1, 0.15) is 25.7 Å². The van der Waals surface area contributed by atoms with Gasteiger partial charge in [0.2, 0.25) is 0 Å². The molecule has 0 spiro atoms. The zero-order valence-corrected chi connectivity index (χ0v) is 10.4. The van der Waals surface area contributed by atoms with E-state index >= 15 is 0 Å². The number of anilines is 1. The van der Waals surface area contributed by atoms with E-state index < -0.39 is 5.97 Å². The van der Waals surface area contributed by atoms with Crippen molar-refractivity contribution >= 4 is 11.8 Å². The molecule has 0 radical (unpaired) electrons. The summed E-state index contributed by atoms with van der Waals surface area (Å²) >= 11 is 0. The average molecular weight is 251 g/mol. The molecule has 1 aliphatic heterocycles. The Hall–Kier alpha value is -1.85. The highest BCUT2D eigenvalue weighted by Crippen LogP contribution is 2.22. The summed E-state index contributed by atoms with van der Waals surface area (Å²) in [5.41, 5.74) is -0.171. The van der Waals surface area contributed by atoms with Crippen LogP contribution in [-0.2, 0) is 11.8 Å². The fourth-order valence-electron chi connectivity index (χ4n) is 2.37. The summed E-state index contributed by atoms with van der Waals surface area (Å²) in [6.45, 7) is 0.699. The van der Waals surface area contributed by atoms with E-state index in [1.54, 1.807) is 19.4 Å². The van der Waals surface area contributed by atoms with Crippen LogP contribution in [0.3, 0.4) is 0 Å². The molecule has 2 heterocycles. The van der Waals surface area contributed by atoms with Gasteiger partial charge in [0, 0.05) is 32.0 Å². The molecule has 2 rings (SSSR count). The van der Waals surface area contributed by atoms with Gasteiger partial charge in [0.15, 0.2) is 5.82 Å². The predicted molar refractivity (Wildman–Crippen MR) is 66.7 cm³/mol. The Morgan fingerprint density at radius 2 is 2.33 bits per heavy atom. The standard InChI is InChI=1S/C12H17N3O3/c1-14-7-5-13-11(12(14)18)15-6-3-2-4-9(15)8-10(16)17/h5,7,9H,2-4,6,8H2,1H3,(H,16,17). The minimum atomic E-state index is -0.834. The summed E-state index contributed by atoms with van der Waals surface area (Å²) in [6.07, 6.45) is 5.99. The van der Waals surface area contributed by atoms with Crippen molar-refractivity contribution in [3.8, 4) is 0 Å². The summed E-state index contributed by atoms with van der Waals surface area (Å²) in [7, 11) is 1.67. The Kier molecular flexibility index (Phi) is 3.64. The van der Waals surface area contributed by atoms with Gasteiger partial charge in [-0.05, 0) is 19.3 Å². The van der Waals surface area contributed by atoms with Gasteiger partial charge in [-0.3, -0.25) is 9.59 Å². The normalized spacial score (nSPS) is 19.8. The van der Waals surface area contributed by atoms with Crippen LogP contribution in [0.25, 0.3) is 0 Å². The summed E-state index contributed by atoms with van der Waals surface area (Å²) in [6, 6.07) is -0.126. The maximum atomic E-state index is 12.0. The van der Waals surface area contributed by atoms with Gasteiger partial charge in [-0.2, -0.15) is 0 Å². The minimum absolute atomic E-state index is 0.0553. The zero-order chi connectivity index (χ0) is 13.1. The van der Waals surface area contributed by atoms with Gasteiger partial charge in [0.25, 0.3) is 5.56 Å². The first kappa shape index (κ1) is 12.6. The maximum Gasteiger partial charge on any atom is 0.305 e. The highest BCUT2D eigenvalue weighted by atomic mass is 16.4. The first-order valence-corrected chi connectivity index (χ1v) is 6.09. The second kappa shape index (κ2) is 5.20. The number of hydrogen-bond acceptors (Lipinski definition) is 4. The van der Waals surface area contributed by atoms with Gasteiger partial charge in [0.05, 0.1) is 6.42 Å². The van der Waals surface area contributed by atoms with Crippen LogP contribution in [0.4, 0.5) is 5.82 Å². The molecule has 6 heteroatoms. The van der Waals surface area contributed by atoms with Gasteiger partial charge < -0.3 is 14.6 Å². The van der Waals surface area contributed by atoms with Crippen molar-refractivity contribution in [3.05, 3.63) is 22.7 Å². The molecule has 0 amide bonds. The molecule has 1 unspecified atom stereocenters. The van der Waals surface area contributed by atoms with Gasteiger partial charge in [-0.1, -0.05) is 0 Å². The Morgan fingerprint density at radius 1 is 1.56 bits per heavy atom. The van der Waals surface area contributed by atoms with Crippen LogP contribution < -0.4 is 10.5 Å². The van der Waals surface area contributed by atoms with Crippen LogP contribution in [0.2, 0.25) is 0 Å². The Balaban J connectivity index is 2.31. The highest BCUT2D eigenvalue weighted by Gasteiger charge is 2.27. The maximum absolute atomic E-state index is 12.0. The second-order valence-electron chi connectivity index (χ2n) is 4.61. The Bertz CT molecular complexity index is 498. The molecule has 0 aromatic carbocycles. The van der Waals surface area contributed by atoms with Crippen LogP contribution in [-0.4, -0.2) is 33.2 Å². The predicted octanol–water partition coefficient (Wildman–Crippen LogP) is 0.614. The average Bonchev–Trinajstić information content (AvgIpc) is 2.33. The minimum Gasteiger partial charge on any atom is -0.481 e. The molecule has 98 valence electrons. The number of aromatic nitrogens is 2. The van der Waals surface area contributed by atoms with Crippen molar-refractivity contribution < 1.29 is 9.90 Å². The smallest absolute Gasteiger partial charge is 0.305 e. The molecule has 1 fully saturated rings. The summed E-state index contributed by atoms with van der Waals surface area (Å²) in [5, 5.41) is 8.92. The Morgan fingerprint density at radius 3 is 3.06 bits per heavy atom. The lowest BCUT2D eigenvalue weighted by Crippen LogP contribution is -2.44. The Labute approximate surface area is 105 Å². The van der Waals surface area contributed by atoms with Crippen molar-refractivity contribution in [2.45, 2.75) is 31.7 Å². The fourth-order valence-corrected chi connectivity index (χ4v) is 2.37. The third-order valence-corrected chi connectivity index (χ3v) is 3.31. The van der Waals surface area contributed by atoms with Crippen LogP contribution in [0.15, 0.2) is 17.2 Å². The van der Waals surface area contributed by atoms with Gasteiger partial charge in [-0.15, -0.1) is 0 Å². The number of rotatable bonds is 3. The first-order chi connectivity index (χ1) is 8.59. The number of carboxylic acid groups (broad SMARTS) is 1. The zero-order valence-electron chi connectivity index (χ0n) is 10.4. The fraction of sp³-hybridized carbons (Fsp3) is 0.583. The third kappa shape index (κ3) is 2.52. The lowest BCUT2D eigenvalue weighted by atomic mass is 9.99.